The number of benzene rings is 1. The van der Waals surface area contributed by atoms with Crippen molar-refractivity contribution in [2.75, 3.05) is 0 Å². The summed E-state index contributed by atoms with van der Waals surface area (Å²) in [6.45, 7) is 2.29. The molecule has 0 atom stereocenters. The molecule has 0 aliphatic heterocycles. The van der Waals surface area contributed by atoms with Gasteiger partial charge in [0.2, 0.25) is 0 Å². The maximum absolute atomic E-state index is 8.88. The van der Waals surface area contributed by atoms with Crippen molar-refractivity contribution in [3.8, 4) is 17.3 Å². The predicted molar refractivity (Wildman–Crippen MR) is 117 cm³/mol. The smallest absolute Gasteiger partial charge is 0.101 e. The number of nitriles is 1. The molecular weight excluding hydrogens is 340 g/mol. The molecular formula is C26H34N2. The minimum atomic E-state index is 0.607. The van der Waals surface area contributed by atoms with E-state index in [4.69, 9.17) is 5.26 Å². The van der Waals surface area contributed by atoms with Crippen molar-refractivity contribution in [3.63, 3.8) is 0 Å². The lowest BCUT2D eigenvalue weighted by Gasteiger charge is -2.28. The van der Waals surface area contributed by atoms with Crippen LogP contribution in [0, 0.1) is 23.2 Å². The number of hydrogen-bond donors (Lipinski definition) is 0. The molecule has 0 amide bonds. The first-order valence-electron chi connectivity index (χ1n) is 11.2. The molecule has 0 saturated heterocycles. The van der Waals surface area contributed by atoms with E-state index in [0.29, 0.717) is 5.56 Å². The van der Waals surface area contributed by atoms with Crippen LogP contribution < -0.4 is 0 Å². The summed E-state index contributed by atoms with van der Waals surface area (Å²) in [5.41, 5.74) is 4.09. The van der Waals surface area contributed by atoms with Crippen LogP contribution in [0.2, 0.25) is 0 Å². The normalized spacial score (nSPS) is 19.3. The van der Waals surface area contributed by atoms with Gasteiger partial charge in [-0.3, -0.25) is 4.98 Å². The average Bonchev–Trinajstić information content (AvgIpc) is 2.76. The fourth-order valence-electron chi connectivity index (χ4n) is 4.51. The van der Waals surface area contributed by atoms with E-state index < -0.39 is 0 Å². The lowest BCUT2D eigenvalue weighted by Crippen LogP contribution is -2.15. The zero-order chi connectivity index (χ0) is 19.6. The van der Waals surface area contributed by atoms with Gasteiger partial charge in [-0.1, -0.05) is 89.0 Å². The van der Waals surface area contributed by atoms with Crippen LogP contribution in [-0.2, 0) is 6.42 Å². The number of pyridine rings is 1. The largest absolute Gasteiger partial charge is 0.255 e. The third-order valence-corrected chi connectivity index (χ3v) is 6.42. The molecule has 0 spiro atoms. The highest BCUT2D eigenvalue weighted by Crippen LogP contribution is 2.34. The van der Waals surface area contributed by atoms with Crippen LogP contribution >= 0.6 is 0 Å². The second-order valence-electron chi connectivity index (χ2n) is 8.52. The molecule has 1 aliphatic carbocycles. The molecule has 0 bridgehead atoms. The Balaban J connectivity index is 1.40. The van der Waals surface area contributed by atoms with Crippen LogP contribution in [0.1, 0.15) is 82.3 Å². The molecule has 1 heterocycles. The Morgan fingerprint density at radius 1 is 0.893 bits per heavy atom. The quantitative estimate of drug-likeness (QED) is 0.431. The van der Waals surface area contributed by atoms with Crippen molar-refractivity contribution in [1.82, 2.24) is 4.98 Å². The van der Waals surface area contributed by atoms with Gasteiger partial charge in [0.15, 0.2) is 0 Å². The van der Waals surface area contributed by atoms with Crippen molar-refractivity contribution in [1.29, 1.82) is 5.26 Å². The van der Waals surface area contributed by atoms with Crippen LogP contribution in [0.4, 0.5) is 0 Å². The molecule has 2 heteroatoms. The van der Waals surface area contributed by atoms with Gasteiger partial charge in [0.05, 0.1) is 11.3 Å². The van der Waals surface area contributed by atoms with Crippen molar-refractivity contribution in [2.24, 2.45) is 11.8 Å². The molecule has 0 N–H and O–H groups in total. The first-order chi connectivity index (χ1) is 13.8. The zero-order valence-corrected chi connectivity index (χ0v) is 17.4. The monoisotopic (exact) mass is 374 g/mol. The van der Waals surface area contributed by atoms with Crippen LogP contribution in [0.3, 0.4) is 0 Å². The fraction of sp³-hybridized carbons (Fsp3) is 0.538. The topological polar surface area (TPSA) is 36.7 Å². The Morgan fingerprint density at radius 2 is 1.61 bits per heavy atom. The highest BCUT2D eigenvalue weighted by Gasteiger charge is 2.20. The van der Waals surface area contributed by atoms with Crippen molar-refractivity contribution < 1.29 is 0 Å². The number of unbranched alkanes of at least 4 members (excludes halogenated alkanes) is 3. The van der Waals surface area contributed by atoms with Gasteiger partial charge in [-0.15, -0.1) is 0 Å². The molecule has 0 radical (unpaired) electrons. The summed E-state index contributed by atoms with van der Waals surface area (Å²) in [5.74, 6) is 1.93. The second kappa shape index (κ2) is 11.0. The predicted octanol–water partition coefficient (Wildman–Crippen LogP) is 7.33. The maximum atomic E-state index is 8.88. The van der Waals surface area contributed by atoms with Gasteiger partial charge in [-0.05, 0) is 42.4 Å². The standard InChI is InChI=1S/C26H34N2/c1-2-3-4-5-6-21-7-9-22(10-8-21)11-12-23-13-16-25(17-14-23)26-18-15-24(19-27)20-28-26/h13-18,20-22H,2-12H2,1H3. The zero-order valence-electron chi connectivity index (χ0n) is 17.4. The Morgan fingerprint density at radius 3 is 2.21 bits per heavy atom. The van der Waals surface area contributed by atoms with E-state index in [1.54, 1.807) is 6.20 Å². The SMILES string of the molecule is CCCCCCC1CCC(CCc2ccc(-c3ccc(C#N)cn3)cc2)CC1. The summed E-state index contributed by atoms with van der Waals surface area (Å²) in [6, 6.07) is 14.7. The van der Waals surface area contributed by atoms with Crippen molar-refractivity contribution in [3.05, 3.63) is 53.7 Å². The molecule has 1 saturated carbocycles. The molecule has 1 aromatic heterocycles. The first kappa shape index (κ1) is 20.6. The molecule has 1 aliphatic rings. The van der Waals surface area contributed by atoms with Crippen LogP contribution in [0.25, 0.3) is 11.3 Å². The number of rotatable bonds is 9. The molecule has 3 rings (SSSR count). The van der Waals surface area contributed by atoms with Gasteiger partial charge in [0.1, 0.15) is 6.07 Å². The Kier molecular flexibility index (Phi) is 8.09. The molecule has 1 aromatic carbocycles. The summed E-state index contributed by atoms with van der Waals surface area (Å²) >= 11 is 0. The van der Waals surface area contributed by atoms with Crippen molar-refractivity contribution in [2.45, 2.75) is 77.6 Å². The number of aromatic nitrogens is 1. The average molecular weight is 375 g/mol. The maximum Gasteiger partial charge on any atom is 0.101 e. The number of hydrogen-bond acceptors (Lipinski definition) is 2. The van der Waals surface area contributed by atoms with E-state index in [0.717, 1.165) is 23.1 Å². The Hall–Kier alpha value is -2.14. The first-order valence-corrected chi connectivity index (χ1v) is 11.2. The van der Waals surface area contributed by atoms with Gasteiger partial charge in [0, 0.05) is 11.8 Å². The highest BCUT2D eigenvalue weighted by atomic mass is 14.7. The summed E-state index contributed by atoms with van der Waals surface area (Å²) in [7, 11) is 0. The van der Waals surface area contributed by atoms with Gasteiger partial charge in [0.25, 0.3) is 0 Å². The molecule has 2 aromatic rings. The van der Waals surface area contributed by atoms with Gasteiger partial charge >= 0.3 is 0 Å². The molecule has 1 fully saturated rings. The van der Waals surface area contributed by atoms with Crippen molar-refractivity contribution >= 4 is 0 Å². The third kappa shape index (κ3) is 6.20. The third-order valence-electron chi connectivity index (χ3n) is 6.42. The lowest BCUT2D eigenvalue weighted by molar-refractivity contribution is 0.249. The molecule has 0 unspecified atom stereocenters. The lowest BCUT2D eigenvalue weighted by atomic mass is 9.77. The summed E-state index contributed by atoms with van der Waals surface area (Å²) in [4.78, 5) is 4.38. The molecule has 2 nitrogen and oxygen atoms in total. The van der Waals surface area contributed by atoms with Gasteiger partial charge < -0.3 is 0 Å². The second-order valence-corrected chi connectivity index (χ2v) is 8.52. The Labute approximate surface area is 171 Å². The van der Waals surface area contributed by atoms with Crippen LogP contribution in [-0.4, -0.2) is 4.98 Å². The minimum absolute atomic E-state index is 0.607. The van der Waals surface area contributed by atoms with Crippen LogP contribution in [0.15, 0.2) is 42.6 Å². The van der Waals surface area contributed by atoms with E-state index in [2.05, 4.69) is 42.2 Å². The van der Waals surface area contributed by atoms with E-state index >= 15 is 0 Å². The van der Waals surface area contributed by atoms with E-state index in [-0.39, 0.29) is 0 Å². The molecule has 28 heavy (non-hydrogen) atoms. The summed E-state index contributed by atoms with van der Waals surface area (Å²) < 4.78 is 0. The minimum Gasteiger partial charge on any atom is -0.255 e. The van der Waals surface area contributed by atoms with E-state index in [1.807, 2.05) is 12.1 Å². The molecule has 148 valence electrons. The van der Waals surface area contributed by atoms with Crippen LogP contribution in [0.5, 0.6) is 0 Å². The summed E-state index contributed by atoms with van der Waals surface area (Å²) in [5, 5.41) is 8.88. The highest BCUT2D eigenvalue weighted by molar-refractivity contribution is 5.59. The summed E-state index contributed by atoms with van der Waals surface area (Å²) in [6.07, 6.45) is 17.1. The van der Waals surface area contributed by atoms with Gasteiger partial charge in [-0.25, -0.2) is 0 Å². The van der Waals surface area contributed by atoms with E-state index in [9.17, 15) is 0 Å². The van der Waals surface area contributed by atoms with Gasteiger partial charge in [-0.2, -0.15) is 5.26 Å². The number of nitrogens with zero attached hydrogens (tertiary/aromatic N) is 2. The number of aryl methyl sites for hydroxylation is 1. The fourth-order valence-corrected chi connectivity index (χ4v) is 4.51. The Bertz CT molecular complexity index is 731. The van der Waals surface area contributed by atoms with E-state index in [1.165, 1.54) is 76.2 Å².